The number of piperidine rings is 1. The number of rotatable bonds is 6. The van der Waals surface area contributed by atoms with E-state index in [4.69, 9.17) is 15.2 Å². The van der Waals surface area contributed by atoms with Gasteiger partial charge >= 0.3 is 12.1 Å². The molecule has 34 heavy (non-hydrogen) atoms. The van der Waals surface area contributed by atoms with E-state index in [2.05, 4.69) is 5.32 Å². The van der Waals surface area contributed by atoms with Gasteiger partial charge < -0.3 is 30.0 Å². The standard InChI is InChI=1S/C25H33N5O4/c1-25(2,3)34-24(32)29-11-5-6-18(15-29)14-28-13-17-7-9-20(10-8-17)30-16-19(12-26)21(27)22(30)23(31)33-4/h7-10,16,18,28H,5-6,11,13-15,27H2,1-4H3. The molecule has 0 spiro atoms. The van der Waals surface area contributed by atoms with Crippen LogP contribution in [0.15, 0.2) is 30.5 Å². The Morgan fingerprint density at radius 3 is 2.59 bits per heavy atom. The van der Waals surface area contributed by atoms with Crippen molar-refractivity contribution in [2.75, 3.05) is 32.5 Å². The lowest BCUT2D eigenvalue weighted by molar-refractivity contribution is 0.0166. The summed E-state index contributed by atoms with van der Waals surface area (Å²) < 4.78 is 11.9. The van der Waals surface area contributed by atoms with E-state index in [1.54, 1.807) is 9.47 Å². The van der Waals surface area contributed by atoms with Crippen LogP contribution in [0.5, 0.6) is 0 Å². The van der Waals surface area contributed by atoms with Gasteiger partial charge in [-0.25, -0.2) is 9.59 Å². The molecule has 0 saturated carbocycles. The molecule has 1 atom stereocenters. The highest BCUT2D eigenvalue weighted by Gasteiger charge is 2.27. The molecule has 0 bridgehead atoms. The van der Waals surface area contributed by atoms with E-state index in [0.717, 1.165) is 31.5 Å². The molecular weight excluding hydrogens is 434 g/mol. The van der Waals surface area contributed by atoms with Gasteiger partial charge in [-0.1, -0.05) is 12.1 Å². The Bertz CT molecular complexity index is 1060. The fourth-order valence-corrected chi connectivity index (χ4v) is 4.04. The smallest absolute Gasteiger partial charge is 0.410 e. The number of nitriles is 1. The average Bonchev–Trinajstić information content (AvgIpc) is 3.14. The van der Waals surface area contributed by atoms with Crippen molar-refractivity contribution >= 4 is 17.7 Å². The summed E-state index contributed by atoms with van der Waals surface area (Å²) in [5.41, 5.74) is 7.72. The van der Waals surface area contributed by atoms with Crippen molar-refractivity contribution in [2.45, 2.75) is 45.8 Å². The first kappa shape index (κ1) is 25.1. The van der Waals surface area contributed by atoms with Crippen molar-refractivity contribution in [3.05, 3.63) is 47.3 Å². The molecule has 1 amide bonds. The molecule has 182 valence electrons. The lowest BCUT2D eigenvalue weighted by Crippen LogP contribution is -2.44. The van der Waals surface area contributed by atoms with E-state index in [-0.39, 0.29) is 23.0 Å². The van der Waals surface area contributed by atoms with Gasteiger partial charge in [0.1, 0.15) is 11.7 Å². The first-order valence-corrected chi connectivity index (χ1v) is 11.4. The van der Waals surface area contributed by atoms with E-state index in [1.165, 1.54) is 13.3 Å². The SMILES string of the molecule is COC(=O)c1c(N)c(C#N)cn1-c1ccc(CNCC2CCCN(C(=O)OC(C)(C)C)C2)cc1. The highest BCUT2D eigenvalue weighted by Crippen LogP contribution is 2.25. The van der Waals surface area contributed by atoms with Crippen molar-refractivity contribution in [1.82, 2.24) is 14.8 Å². The van der Waals surface area contributed by atoms with Crippen LogP contribution in [-0.2, 0) is 16.0 Å². The van der Waals surface area contributed by atoms with Gasteiger partial charge in [-0.05, 0) is 63.8 Å². The second-order valence-electron chi connectivity index (χ2n) is 9.51. The Kier molecular flexibility index (Phi) is 7.84. The molecule has 0 aliphatic carbocycles. The van der Waals surface area contributed by atoms with Gasteiger partial charge in [0.05, 0.1) is 18.4 Å². The number of carbonyl (C=O) groups is 2. The van der Waals surface area contributed by atoms with Crippen LogP contribution in [0, 0.1) is 17.2 Å². The van der Waals surface area contributed by atoms with E-state index in [0.29, 0.717) is 24.7 Å². The minimum atomic E-state index is -0.599. The highest BCUT2D eigenvalue weighted by molar-refractivity contribution is 5.95. The molecule has 3 N–H and O–H groups in total. The van der Waals surface area contributed by atoms with Crippen molar-refractivity contribution in [2.24, 2.45) is 5.92 Å². The van der Waals surface area contributed by atoms with Crippen molar-refractivity contribution < 1.29 is 19.1 Å². The Morgan fingerprint density at radius 2 is 1.97 bits per heavy atom. The molecule has 2 heterocycles. The van der Waals surface area contributed by atoms with Gasteiger partial charge in [0, 0.05) is 31.5 Å². The van der Waals surface area contributed by atoms with Crippen molar-refractivity contribution in [3.8, 4) is 11.8 Å². The summed E-state index contributed by atoms with van der Waals surface area (Å²) in [6.45, 7) is 8.53. The molecule has 1 unspecified atom stereocenters. The molecule has 1 fully saturated rings. The van der Waals surface area contributed by atoms with Crippen LogP contribution in [0.4, 0.5) is 10.5 Å². The Hall–Kier alpha value is -3.51. The summed E-state index contributed by atoms with van der Waals surface area (Å²) in [5.74, 6) is -0.229. The van der Waals surface area contributed by atoms with Gasteiger partial charge in [-0.2, -0.15) is 5.26 Å². The number of nitrogens with two attached hydrogens (primary N) is 1. The topological polar surface area (TPSA) is 123 Å². The predicted molar refractivity (Wildman–Crippen MR) is 128 cm³/mol. The molecular formula is C25H33N5O4. The zero-order valence-electron chi connectivity index (χ0n) is 20.3. The summed E-state index contributed by atoms with van der Waals surface area (Å²) in [4.78, 5) is 26.3. The molecule has 1 aliphatic heterocycles. The number of anilines is 1. The molecule has 3 rings (SSSR count). The number of amides is 1. The summed E-state index contributed by atoms with van der Waals surface area (Å²) in [7, 11) is 1.28. The third-order valence-corrected chi connectivity index (χ3v) is 5.69. The minimum absolute atomic E-state index is 0.105. The fraction of sp³-hybridized carbons (Fsp3) is 0.480. The number of nitrogens with zero attached hydrogens (tertiary/aromatic N) is 3. The van der Waals surface area contributed by atoms with E-state index in [1.807, 2.05) is 51.1 Å². The second kappa shape index (κ2) is 10.6. The van der Waals surface area contributed by atoms with Crippen LogP contribution < -0.4 is 11.1 Å². The Labute approximate surface area is 200 Å². The number of carbonyl (C=O) groups excluding carboxylic acids is 2. The molecule has 1 aromatic heterocycles. The number of nitrogen functional groups attached to an aromatic ring is 1. The Balaban J connectivity index is 1.58. The fourth-order valence-electron chi connectivity index (χ4n) is 4.04. The number of aromatic nitrogens is 1. The van der Waals surface area contributed by atoms with Gasteiger partial charge in [-0.3, -0.25) is 0 Å². The molecule has 9 heteroatoms. The van der Waals surface area contributed by atoms with Crippen LogP contribution in [0.3, 0.4) is 0 Å². The predicted octanol–water partition coefficient (Wildman–Crippen LogP) is 3.45. The maximum absolute atomic E-state index is 12.4. The third-order valence-electron chi connectivity index (χ3n) is 5.69. The first-order chi connectivity index (χ1) is 16.1. The summed E-state index contributed by atoms with van der Waals surface area (Å²) in [6, 6.07) is 9.66. The van der Waals surface area contributed by atoms with E-state index >= 15 is 0 Å². The monoisotopic (exact) mass is 467 g/mol. The molecule has 1 aliphatic rings. The zero-order valence-corrected chi connectivity index (χ0v) is 20.3. The maximum Gasteiger partial charge on any atom is 0.410 e. The molecule has 1 aromatic carbocycles. The van der Waals surface area contributed by atoms with Crippen LogP contribution in [-0.4, -0.2) is 53.9 Å². The van der Waals surface area contributed by atoms with Crippen molar-refractivity contribution in [1.29, 1.82) is 5.26 Å². The van der Waals surface area contributed by atoms with E-state index < -0.39 is 11.6 Å². The maximum atomic E-state index is 12.4. The van der Waals surface area contributed by atoms with Crippen LogP contribution in [0.1, 0.15) is 55.2 Å². The molecule has 2 aromatic rings. The van der Waals surface area contributed by atoms with Crippen LogP contribution in [0.2, 0.25) is 0 Å². The number of nitrogens with one attached hydrogen (secondary N) is 1. The molecule has 1 saturated heterocycles. The number of hydrogen-bond donors (Lipinski definition) is 2. The lowest BCUT2D eigenvalue weighted by Gasteiger charge is -2.34. The number of likely N-dealkylation sites (tertiary alicyclic amines) is 1. The summed E-state index contributed by atoms with van der Waals surface area (Å²) >= 11 is 0. The van der Waals surface area contributed by atoms with Crippen molar-refractivity contribution in [3.63, 3.8) is 0 Å². The summed E-state index contributed by atoms with van der Waals surface area (Å²) in [5, 5.41) is 12.7. The number of methoxy groups -OCH3 is 1. The number of hydrogen-bond acceptors (Lipinski definition) is 7. The van der Waals surface area contributed by atoms with E-state index in [9.17, 15) is 14.9 Å². The molecule has 9 nitrogen and oxygen atoms in total. The van der Waals surface area contributed by atoms with Gasteiger partial charge in [0.25, 0.3) is 0 Å². The van der Waals surface area contributed by atoms with Gasteiger partial charge in [0.15, 0.2) is 5.69 Å². The number of ether oxygens (including phenoxy) is 2. The minimum Gasteiger partial charge on any atom is -0.464 e. The van der Waals surface area contributed by atoms with Gasteiger partial charge in [0.2, 0.25) is 0 Å². The first-order valence-electron chi connectivity index (χ1n) is 11.4. The molecule has 0 radical (unpaired) electrons. The Morgan fingerprint density at radius 1 is 1.26 bits per heavy atom. The lowest BCUT2D eigenvalue weighted by atomic mass is 9.98. The largest absolute Gasteiger partial charge is 0.464 e. The van der Waals surface area contributed by atoms with Crippen LogP contribution >= 0.6 is 0 Å². The van der Waals surface area contributed by atoms with Gasteiger partial charge in [-0.15, -0.1) is 0 Å². The summed E-state index contributed by atoms with van der Waals surface area (Å²) in [6.07, 6.45) is 3.32. The van der Waals surface area contributed by atoms with Crippen LogP contribution in [0.25, 0.3) is 5.69 Å². The normalized spacial score (nSPS) is 16.1. The zero-order chi connectivity index (χ0) is 24.9. The number of esters is 1. The number of benzene rings is 1. The second-order valence-corrected chi connectivity index (χ2v) is 9.51. The average molecular weight is 468 g/mol. The highest BCUT2D eigenvalue weighted by atomic mass is 16.6. The third kappa shape index (κ3) is 6.08. The quantitative estimate of drug-likeness (QED) is 0.624.